The molecule has 0 aliphatic heterocycles. The van der Waals surface area contributed by atoms with E-state index in [9.17, 15) is 4.79 Å². The molecule has 2 heteroatoms. The number of aryl methyl sites for hydroxylation is 1. The van der Waals surface area contributed by atoms with Crippen LogP contribution in [0.5, 0.6) is 0 Å². The molecule has 14 heavy (non-hydrogen) atoms. The van der Waals surface area contributed by atoms with Crippen LogP contribution in [0.3, 0.4) is 0 Å². The van der Waals surface area contributed by atoms with Gasteiger partial charge in [0.2, 0.25) is 0 Å². The van der Waals surface area contributed by atoms with Crippen LogP contribution in [0.2, 0.25) is 0 Å². The highest BCUT2D eigenvalue weighted by Gasteiger charge is 2.01. The van der Waals surface area contributed by atoms with Crippen molar-refractivity contribution in [3.05, 3.63) is 41.5 Å². The van der Waals surface area contributed by atoms with Crippen LogP contribution in [-0.4, -0.2) is 11.1 Å². The summed E-state index contributed by atoms with van der Waals surface area (Å²) in [5.74, 6) is -0.750. The molecule has 0 radical (unpaired) electrons. The first-order valence-corrected chi connectivity index (χ1v) is 4.66. The third kappa shape index (κ3) is 3.05. The number of hydrogen-bond donors (Lipinski definition) is 1. The second kappa shape index (κ2) is 5.22. The van der Waals surface area contributed by atoms with Gasteiger partial charge in [0.25, 0.3) is 0 Å². The molecule has 0 aliphatic carbocycles. The summed E-state index contributed by atoms with van der Waals surface area (Å²) >= 11 is 0. The molecule has 0 aromatic heterocycles. The number of allylic oxidation sites excluding steroid dienone is 1. The van der Waals surface area contributed by atoms with Crippen LogP contribution < -0.4 is 0 Å². The Kier molecular flexibility index (Phi) is 3.92. The van der Waals surface area contributed by atoms with Gasteiger partial charge in [0.15, 0.2) is 0 Å². The minimum absolute atomic E-state index is 0.189. The van der Waals surface area contributed by atoms with Crippen LogP contribution in [-0.2, 0) is 11.2 Å². The van der Waals surface area contributed by atoms with Crippen LogP contribution in [0.25, 0.3) is 6.08 Å². The van der Waals surface area contributed by atoms with E-state index in [0.717, 1.165) is 11.1 Å². The number of benzene rings is 1. The Hall–Kier alpha value is -1.57. The molecule has 1 aromatic rings. The number of carbonyl (C=O) groups is 1. The van der Waals surface area contributed by atoms with Crippen LogP contribution in [0, 0.1) is 0 Å². The van der Waals surface area contributed by atoms with E-state index in [4.69, 9.17) is 5.11 Å². The lowest BCUT2D eigenvalue weighted by atomic mass is 10.0. The molecule has 74 valence electrons. The van der Waals surface area contributed by atoms with Gasteiger partial charge in [-0.25, -0.2) is 0 Å². The molecule has 2 nitrogen and oxygen atoms in total. The van der Waals surface area contributed by atoms with Gasteiger partial charge in [-0.05, 0) is 24.5 Å². The molecule has 1 N–H and O–H groups in total. The molecule has 0 heterocycles. The second-order valence-corrected chi connectivity index (χ2v) is 3.09. The van der Waals surface area contributed by atoms with Crippen molar-refractivity contribution in [2.75, 3.05) is 0 Å². The van der Waals surface area contributed by atoms with Crippen molar-refractivity contribution in [2.45, 2.75) is 19.8 Å². The maximum absolute atomic E-state index is 10.4. The van der Waals surface area contributed by atoms with Crippen molar-refractivity contribution in [1.29, 1.82) is 0 Å². The van der Waals surface area contributed by atoms with Gasteiger partial charge in [0.05, 0.1) is 0 Å². The predicted molar refractivity (Wildman–Crippen MR) is 57.1 cm³/mol. The van der Waals surface area contributed by atoms with Crippen LogP contribution >= 0.6 is 0 Å². The molecule has 0 fully saturated rings. The number of carboxylic acids is 1. The first-order valence-electron chi connectivity index (χ1n) is 4.66. The van der Waals surface area contributed by atoms with Gasteiger partial charge in [-0.2, -0.15) is 0 Å². The Balaban J connectivity index is 2.79. The molecular weight excluding hydrogens is 176 g/mol. The van der Waals surface area contributed by atoms with E-state index < -0.39 is 5.97 Å². The SMILES string of the molecule is CC=Cc1ccccc1CCC(=O)O. The normalized spacial score (nSPS) is 10.6. The van der Waals surface area contributed by atoms with E-state index in [1.165, 1.54) is 0 Å². The van der Waals surface area contributed by atoms with E-state index in [1.54, 1.807) is 0 Å². The number of rotatable bonds is 4. The lowest BCUT2D eigenvalue weighted by molar-refractivity contribution is -0.136. The van der Waals surface area contributed by atoms with Crippen molar-refractivity contribution < 1.29 is 9.90 Å². The third-order valence-corrected chi connectivity index (χ3v) is 2.01. The maximum Gasteiger partial charge on any atom is 0.303 e. The molecule has 1 rings (SSSR count). The third-order valence-electron chi connectivity index (χ3n) is 2.01. The van der Waals surface area contributed by atoms with Crippen molar-refractivity contribution >= 4 is 12.0 Å². The minimum atomic E-state index is -0.750. The summed E-state index contributed by atoms with van der Waals surface area (Å²) in [7, 11) is 0. The largest absolute Gasteiger partial charge is 0.481 e. The smallest absolute Gasteiger partial charge is 0.303 e. The molecular formula is C12H14O2. The summed E-state index contributed by atoms with van der Waals surface area (Å²) in [4.78, 5) is 10.4. The Labute approximate surface area is 83.9 Å². The number of hydrogen-bond acceptors (Lipinski definition) is 1. The van der Waals surface area contributed by atoms with E-state index >= 15 is 0 Å². The summed E-state index contributed by atoms with van der Waals surface area (Å²) in [6.07, 6.45) is 4.74. The van der Waals surface area contributed by atoms with E-state index in [1.807, 2.05) is 43.3 Å². The van der Waals surface area contributed by atoms with Crippen molar-refractivity contribution in [2.24, 2.45) is 0 Å². The van der Waals surface area contributed by atoms with E-state index in [2.05, 4.69) is 0 Å². The first kappa shape index (κ1) is 10.5. The van der Waals surface area contributed by atoms with Crippen molar-refractivity contribution in [3.8, 4) is 0 Å². The standard InChI is InChI=1S/C12H14O2/c1-2-5-10-6-3-4-7-11(10)8-9-12(13)14/h2-7H,8-9H2,1H3,(H,13,14). The van der Waals surface area contributed by atoms with E-state index in [-0.39, 0.29) is 6.42 Å². The molecule has 0 saturated carbocycles. The van der Waals surface area contributed by atoms with Gasteiger partial charge in [-0.15, -0.1) is 0 Å². The summed E-state index contributed by atoms with van der Waals surface area (Å²) in [5.41, 5.74) is 2.20. The summed E-state index contributed by atoms with van der Waals surface area (Å²) < 4.78 is 0. The van der Waals surface area contributed by atoms with Crippen molar-refractivity contribution in [1.82, 2.24) is 0 Å². The lowest BCUT2D eigenvalue weighted by Gasteiger charge is -2.03. The molecule has 0 aliphatic rings. The fourth-order valence-corrected chi connectivity index (χ4v) is 1.35. The number of carboxylic acid groups (broad SMARTS) is 1. The van der Waals surface area contributed by atoms with Crippen LogP contribution in [0.1, 0.15) is 24.5 Å². The van der Waals surface area contributed by atoms with Crippen LogP contribution in [0.4, 0.5) is 0 Å². The molecule has 1 aromatic carbocycles. The van der Waals surface area contributed by atoms with Gasteiger partial charge in [-0.1, -0.05) is 36.4 Å². The average Bonchev–Trinajstić information content (AvgIpc) is 2.17. The Morgan fingerprint density at radius 2 is 2.14 bits per heavy atom. The highest BCUT2D eigenvalue weighted by Crippen LogP contribution is 2.12. The highest BCUT2D eigenvalue weighted by atomic mass is 16.4. The Morgan fingerprint density at radius 1 is 1.43 bits per heavy atom. The van der Waals surface area contributed by atoms with Gasteiger partial charge in [0, 0.05) is 6.42 Å². The zero-order valence-electron chi connectivity index (χ0n) is 8.23. The van der Waals surface area contributed by atoms with Gasteiger partial charge >= 0.3 is 5.97 Å². The monoisotopic (exact) mass is 190 g/mol. The zero-order valence-corrected chi connectivity index (χ0v) is 8.23. The first-order chi connectivity index (χ1) is 6.74. The van der Waals surface area contributed by atoms with Gasteiger partial charge in [-0.3, -0.25) is 4.79 Å². The quantitative estimate of drug-likeness (QED) is 0.792. The Morgan fingerprint density at radius 3 is 2.79 bits per heavy atom. The molecule has 0 saturated heterocycles. The maximum atomic E-state index is 10.4. The fourth-order valence-electron chi connectivity index (χ4n) is 1.35. The van der Waals surface area contributed by atoms with Crippen molar-refractivity contribution in [3.63, 3.8) is 0 Å². The average molecular weight is 190 g/mol. The van der Waals surface area contributed by atoms with Gasteiger partial charge < -0.3 is 5.11 Å². The summed E-state index contributed by atoms with van der Waals surface area (Å²) in [5, 5.41) is 8.58. The molecule has 0 spiro atoms. The van der Waals surface area contributed by atoms with E-state index in [0.29, 0.717) is 6.42 Å². The summed E-state index contributed by atoms with van der Waals surface area (Å²) in [6.45, 7) is 1.95. The fraction of sp³-hybridized carbons (Fsp3) is 0.250. The summed E-state index contributed by atoms with van der Waals surface area (Å²) in [6, 6.07) is 7.86. The molecule has 0 unspecified atom stereocenters. The topological polar surface area (TPSA) is 37.3 Å². The highest BCUT2D eigenvalue weighted by molar-refractivity contribution is 5.67. The zero-order chi connectivity index (χ0) is 10.4. The lowest BCUT2D eigenvalue weighted by Crippen LogP contribution is -1.98. The molecule has 0 bridgehead atoms. The predicted octanol–water partition coefficient (Wildman–Crippen LogP) is 2.74. The minimum Gasteiger partial charge on any atom is -0.481 e. The molecule has 0 atom stereocenters. The second-order valence-electron chi connectivity index (χ2n) is 3.09. The molecule has 0 amide bonds. The van der Waals surface area contributed by atoms with Crippen LogP contribution in [0.15, 0.2) is 30.3 Å². The Bertz CT molecular complexity index is 340. The number of aliphatic carboxylic acids is 1. The van der Waals surface area contributed by atoms with Gasteiger partial charge in [0.1, 0.15) is 0 Å².